The van der Waals surface area contributed by atoms with Crippen molar-refractivity contribution in [3.8, 4) is 0 Å². The topological polar surface area (TPSA) is 74.7 Å². The van der Waals surface area contributed by atoms with Crippen LogP contribution in [0.15, 0.2) is 46.8 Å². The van der Waals surface area contributed by atoms with E-state index < -0.39 is 6.10 Å². The molecule has 0 unspecified atom stereocenters. The van der Waals surface area contributed by atoms with Gasteiger partial charge in [-0.1, -0.05) is 30.0 Å². The van der Waals surface area contributed by atoms with Crippen molar-refractivity contribution >= 4 is 22.9 Å². The van der Waals surface area contributed by atoms with Crippen LogP contribution in [0.3, 0.4) is 0 Å². The van der Waals surface area contributed by atoms with E-state index in [-0.39, 0.29) is 0 Å². The molecule has 0 spiro atoms. The SMILES string of the molecule is C[C@@H](O)c1ccccc1Sc1ncnc2nc[nH]c12. The fraction of sp³-hybridized carbons (Fsp3) is 0.154. The fourth-order valence-electron chi connectivity index (χ4n) is 1.84. The summed E-state index contributed by atoms with van der Waals surface area (Å²) in [5.74, 6) is 0. The molecule has 0 aliphatic rings. The molecule has 0 aliphatic carbocycles. The highest BCUT2D eigenvalue weighted by Crippen LogP contribution is 2.34. The second-order valence-corrected chi connectivity index (χ2v) is 5.13. The van der Waals surface area contributed by atoms with E-state index in [1.165, 1.54) is 18.1 Å². The number of aromatic amines is 1. The Kier molecular flexibility index (Phi) is 3.18. The summed E-state index contributed by atoms with van der Waals surface area (Å²) in [6, 6.07) is 7.74. The zero-order valence-electron chi connectivity index (χ0n) is 10.2. The zero-order chi connectivity index (χ0) is 13.2. The molecule has 96 valence electrons. The summed E-state index contributed by atoms with van der Waals surface area (Å²) in [5, 5.41) is 10.6. The maximum Gasteiger partial charge on any atom is 0.181 e. The van der Waals surface area contributed by atoms with E-state index in [2.05, 4.69) is 19.9 Å². The van der Waals surface area contributed by atoms with Crippen molar-refractivity contribution in [2.75, 3.05) is 0 Å². The maximum atomic E-state index is 9.79. The summed E-state index contributed by atoms with van der Waals surface area (Å²) in [4.78, 5) is 16.5. The molecule has 0 aliphatic heterocycles. The number of aliphatic hydroxyl groups is 1. The van der Waals surface area contributed by atoms with Crippen LogP contribution in [0.1, 0.15) is 18.6 Å². The number of nitrogens with zero attached hydrogens (tertiary/aromatic N) is 3. The number of H-pyrrole nitrogens is 1. The average Bonchev–Trinajstić information content (AvgIpc) is 2.88. The second kappa shape index (κ2) is 4.99. The molecule has 6 heteroatoms. The average molecular weight is 272 g/mol. The largest absolute Gasteiger partial charge is 0.389 e. The Bertz CT molecular complexity index is 710. The Morgan fingerprint density at radius 3 is 2.89 bits per heavy atom. The van der Waals surface area contributed by atoms with Crippen molar-refractivity contribution < 1.29 is 5.11 Å². The van der Waals surface area contributed by atoms with Gasteiger partial charge in [0.25, 0.3) is 0 Å². The van der Waals surface area contributed by atoms with Gasteiger partial charge in [-0.3, -0.25) is 0 Å². The molecule has 0 radical (unpaired) electrons. The lowest BCUT2D eigenvalue weighted by atomic mass is 10.1. The number of aromatic nitrogens is 4. The van der Waals surface area contributed by atoms with Crippen molar-refractivity contribution in [3.63, 3.8) is 0 Å². The Morgan fingerprint density at radius 2 is 2.05 bits per heavy atom. The first-order chi connectivity index (χ1) is 9.25. The summed E-state index contributed by atoms with van der Waals surface area (Å²) in [7, 11) is 0. The maximum absolute atomic E-state index is 9.79. The van der Waals surface area contributed by atoms with Crippen LogP contribution in [0.5, 0.6) is 0 Å². The Balaban J connectivity index is 2.04. The molecule has 0 amide bonds. The Hall–Kier alpha value is -1.92. The van der Waals surface area contributed by atoms with Gasteiger partial charge in [0.05, 0.1) is 12.4 Å². The third-order valence-electron chi connectivity index (χ3n) is 2.76. The molecular formula is C13H12N4OS. The number of fused-ring (bicyclic) bond motifs is 1. The lowest BCUT2D eigenvalue weighted by molar-refractivity contribution is 0.196. The van der Waals surface area contributed by atoms with Gasteiger partial charge < -0.3 is 10.1 Å². The molecule has 1 atom stereocenters. The molecule has 1 aromatic carbocycles. The van der Waals surface area contributed by atoms with Gasteiger partial charge in [-0.25, -0.2) is 15.0 Å². The summed E-state index contributed by atoms with van der Waals surface area (Å²) >= 11 is 1.49. The minimum absolute atomic E-state index is 0.511. The number of hydrogen-bond donors (Lipinski definition) is 2. The van der Waals surface area contributed by atoms with Gasteiger partial charge in [-0.05, 0) is 18.6 Å². The number of benzene rings is 1. The fourth-order valence-corrected chi connectivity index (χ4v) is 2.91. The predicted octanol–water partition coefficient (Wildman–Crippen LogP) is 2.56. The number of hydrogen-bond acceptors (Lipinski definition) is 5. The van der Waals surface area contributed by atoms with Crippen LogP contribution in [0.25, 0.3) is 11.2 Å². The quantitative estimate of drug-likeness (QED) is 0.717. The molecule has 0 saturated carbocycles. The van der Waals surface area contributed by atoms with E-state index in [9.17, 15) is 5.11 Å². The van der Waals surface area contributed by atoms with E-state index in [1.54, 1.807) is 13.3 Å². The van der Waals surface area contributed by atoms with Crippen LogP contribution < -0.4 is 0 Å². The van der Waals surface area contributed by atoms with Crippen LogP contribution in [0.4, 0.5) is 0 Å². The summed E-state index contributed by atoms with van der Waals surface area (Å²) < 4.78 is 0. The van der Waals surface area contributed by atoms with Gasteiger partial charge in [0.1, 0.15) is 16.9 Å². The summed E-state index contributed by atoms with van der Waals surface area (Å²) in [5.41, 5.74) is 2.35. The highest BCUT2D eigenvalue weighted by atomic mass is 32.2. The molecule has 3 aromatic rings. The van der Waals surface area contributed by atoms with E-state index in [4.69, 9.17) is 0 Å². The highest BCUT2D eigenvalue weighted by molar-refractivity contribution is 7.99. The number of imidazole rings is 1. The molecular weight excluding hydrogens is 260 g/mol. The molecule has 2 aromatic heterocycles. The highest BCUT2D eigenvalue weighted by Gasteiger charge is 2.12. The van der Waals surface area contributed by atoms with E-state index in [1.807, 2.05) is 24.3 Å². The molecule has 2 N–H and O–H groups in total. The van der Waals surface area contributed by atoms with Gasteiger partial charge in [0.15, 0.2) is 5.65 Å². The minimum atomic E-state index is -0.511. The summed E-state index contributed by atoms with van der Waals surface area (Å²) in [6.45, 7) is 1.76. The normalized spacial score (nSPS) is 12.7. The molecule has 5 nitrogen and oxygen atoms in total. The molecule has 0 fully saturated rings. The number of aliphatic hydroxyl groups excluding tert-OH is 1. The van der Waals surface area contributed by atoms with Gasteiger partial charge in [-0.2, -0.15) is 0 Å². The molecule has 19 heavy (non-hydrogen) atoms. The lowest BCUT2D eigenvalue weighted by Crippen LogP contribution is -1.94. The van der Waals surface area contributed by atoms with Crippen molar-refractivity contribution in [1.29, 1.82) is 0 Å². The monoisotopic (exact) mass is 272 g/mol. The van der Waals surface area contributed by atoms with E-state index >= 15 is 0 Å². The molecule has 3 rings (SSSR count). The van der Waals surface area contributed by atoms with Crippen LogP contribution in [-0.4, -0.2) is 25.0 Å². The van der Waals surface area contributed by atoms with Crippen molar-refractivity contribution in [2.45, 2.75) is 22.9 Å². The van der Waals surface area contributed by atoms with Gasteiger partial charge in [0.2, 0.25) is 0 Å². The number of nitrogens with one attached hydrogen (secondary N) is 1. The zero-order valence-corrected chi connectivity index (χ0v) is 11.1. The number of rotatable bonds is 3. The van der Waals surface area contributed by atoms with Crippen LogP contribution in [0.2, 0.25) is 0 Å². The second-order valence-electron chi connectivity index (χ2n) is 4.10. The third kappa shape index (κ3) is 2.32. The Labute approximate surface area is 114 Å². The lowest BCUT2D eigenvalue weighted by Gasteiger charge is -2.10. The smallest absolute Gasteiger partial charge is 0.181 e. The first-order valence-electron chi connectivity index (χ1n) is 5.84. The van der Waals surface area contributed by atoms with Crippen molar-refractivity contribution in [2.24, 2.45) is 0 Å². The molecule has 2 heterocycles. The first-order valence-corrected chi connectivity index (χ1v) is 6.66. The first kappa shape index (κ1) is 12.1. The van der Waals surface area contributed by atoms with Crippen LogP contribution >= 0.6 is 11.8 Å². The van der Waals surface area contributed by atoms with Crippen LogP contribution in [-0.2, 0) is 0 Å². The van der Waals surface area contributed by atoms with Crippen molar-refractivity contribution in [1.82, 2.24) is 19.9 Å². The third-order valence-corrected chi connectivity index (χ3v) is 3.86. The Morgan fingerprint density at radius 1 is 1.21 bits per heavy atom. The van der Waals surface area contributed by atoms with E-state index in [0.717, 1.165) is 21.0 Å². The minimum Gasteiger partial charge on any atom is -0.389 e. The van der Waals surface area contributed by atoms with Gasteiger partial charge in [-0.15, -0.1) is 0 Å². The summed E-state index contributed by atoms with van der Waals surface area (Å²) in [6.07, 6.45) is 2.59. The van der Waals surface area contributed by atoms with Crippen LogP contribution in [0, 0.1) is 0 Å². The van der Waals surface area contributed by atoms with Crippen molar-refractivity contribution in [3.05, 3.63) is 42.5 Å². The standard InChI is InChI=1S/C13H12N4OS/c1-8(18)9-4-2-3-5-10(9)19-13-11-12(15-6-14-11)16-7-17-13/h2-8,18H,1H3,(H,14,15,16,17)/t8-/m1/s1. The predicted molar refractivity (Wildman–Crippen MR) is 72.9 cm³/mol. The molecule has 0 bridgehead atoms. The van der Waals surface area contributed by atoms with E-state index in [0.29, 0.717) is 5.65 Å². The molecule has 0 saturated heterocycles. The van der Waals surface area contributed by atoms with Gasteiger partial charge >= 0.3 is 0 Å². The van der Waals surface area contributed by atoms with Gasteiger partial charge in [0, 0.05) is 4.90 Å².